The summed E-state index contributed by atoms with van der Waals surface area (Å²) in [4.78, 5) is 22.9. The average Bonchev–Trinajstić information content (AvgIpc) is 2.59. The molecule has 0 aliphatic rings. The number of aliphatic carboxylic acids is 1. The lowest BCUT2D eigenvalue weighted by molar-refractivity contribution is -0.142. The Balaban J connectivity index is 2.65. The average molecular weight is 268 g/mol. The molecule has 6 heteroatoms. The fourth-order valence-corrected chi connectivity index (χ4v) is 1.85. The van der Waals surface area contributed by atoms with Gasteiger partial charge in [-0.1, -0.05) is 19.0 Å². The van der Waals surface area contributed by atoms with Crippen molar-refractivity contribution in [2.45, 2.75) is 46.6 Å². The zero-order valence-electron chi connectivity index (χ0n) is 11.7. The Morgan fingerprint density at radius 1 is 1.37 bits per heavy atom. The number of hydrogen-bond acceptors (Lipinski definition) is 4. The molecule has 2 N–H and O–H groups in total. The molecule has 1 amide bonds. The minimum Gasteiger partial charge on any atom is -0.480 e. The second-order valence-electron chi connectivity index (χ2n) is 5.07. The van der Waals surface area contributed by atoms with Crippen LogP contribution in [0.5, 0.6) is 0 Å². The maximum absolute atomic E-state index is 11.9. The summed E-state index contributed by atoms with van der Waals surface area (Å²) in [7, 11) is 0. The first-order valence-corrected chi connectivity index (χ1v) is 6.25. The number of rotatable bonds is 6. The van der Waals surface area contributed by atoms with Gasteiger partial charge in [-0.25, -0.2) is 4.79 Å². The molecular weight excluding hydrogens is 248 g/mol. The van der Waals surface area contributed by atoms with Gasteiger partial charge in [-0.15, -0.1) is 0 Å². The molecule has 0 radical (unpaired) electrons. The lowest BCUT2D eigenvalue weighted by Crippen LogP contribution is -2.42. The van der Waals surface area contributed by atoms with E-state index in [-0.39, 0.29) is 18.2 Å². The highest BCUT2D eigenvalue weighted by Gasteiger charge is 2.22. The van der Waals surface area contributed by atoms with Crippen molar-refractivity contribution in [3.8, 4) is 0 Å². The van der Waals surface area contributed by atoms with Crippen LogP contribution in [-0.4, -0.2) is 28.2 Å². The van der Waals surface area contributed by atoms with Crippen LogP contribution in [0.4, 0.5) is 0 Å². The Bertz CT molecular complexity index is 446. The molecule has 19 heavy (non-hydrogen) atoms. The van der Waals surface area contributed by atoms with Gasteiger partial charge in [-0.05, 0) is 26.2 Å². The van der Waals surface area contributed by atoms with E-state index in [2.05, 4.69) is 10.5 Å². The smallest absolute Gasteiger partial charge is 0.326 e. The molecule has 0 unspecified atom stereocenters. The third-order valence-electron chi connectivity index (χ3n) is 2.86. The van der Waals surface area contributed by atoms with Gasteiger partial charge in [0.05, 0.1) is 12.1 Å². The van der Waals surface area contributed by atoms with Crippen LogP contribution in [0.2, 0.25) is 0 Å². The van der Waals surface area contributed by atoms with Gasteiger partial charge in [0.1, 0.15) is 11.8 Å². The number of aryl methyl sites for hydroxylation is 2. The number of carbonyl (C=O) groups is 2. The molecule has 0 spiro atoms. The third kappa shape index (κ3) is 4.39. The van der Waals surface area contributed by atoms with E-state index in [9.17, 15) is 9.59 Å². The number of nitrogens with zero attached hydrogens (tertiary/aromatic N) is 1. The molecule has 0 saturated carbocycles. The highest BCUT2D eigenvalue weighted by molar-refractivity contribution is 5.85. The van der Waals surface area contributed by atoms with Gasteiger partial charge in [0.15, 0.2) is 0 Å². The van der Waals surface area contributed by atoms with Gasteiger partial charge in [-0.3, -0.25) is 4.79 Å². The monoisotopic (exact) mass is 268 g/mol. The van der Waals surface area contributed by atoms with E-state index in [4.69, 9.17) is 9.63 Å². The third-order valence-corrected chi connectivity index (χ3v) is 2.86. The lowest BCUT2D eigenvalue weighted by atomic mass is 10.0. The summed E-state index contributed by atoms with van der Waals surface area (Å²) in [6, 6.07) is -0.854. The molecule has 0 aliphatic carbocycles. The van der Waals surface area contributed by atoms with Gasteiger partial charge in [-0.2, -0.15) is 0 Å². The fraction of sp³-hybridized carbons (Fsp3) is 0.615. The number of carboxylic acids is 1. The van der Waals surface area contributed by atoms with Gasteiger partial charge in [0.25, 0.3) is 0 Å². The molecule has 1 heterocycles. The van der Waals surface area contributed by atoms with Crippen LogP contribution in [0.3, 0.4) is 0 Å². The molecule has 1 atom stereocenters. The van der Waals surface area contributed by atoms with Crippen LogP contribution >= 0.6 is 0 Å². The van der Waals surface area contributed by atoms with E-state index in [0.717, 1.165) is 0 Å². The van der Waals surface area contributed by atoms with Crippen molar-refractivity contribution in [2.24, 2.45) is 5.92 Å². The van der Waals surface area contributed by atoms with Gasteiger partial charge < -0.3 is 14.9 Å². The van der Waals surface area contributed by atoms with Crippen molar-refractivity contribution in [1.82, 2.24) is 10.5 Å². The van der Waals surface area contributed by atoms with E-state index in [0.29, 0.717) is 23.4 Å². The van der Waals surface area contributed by atoms with E-state index in [1.54, 1.807) is 13.8 Å². The zero-order valence-corrected chi connectivity index (χ0v) is 11.7. The summed E-state index contributed by atoms with van der Waals surface area (Å²) in [5.74, 6) is -0.563. The van der Waals surface area contributed by atoms with Crippen LogP contribution in [0.25, 0.3) is 0 Å². The second kappa shape index (κ2) is 6.36. The minimum absolute atomic E-state index is 0.0864. The first kappa shape index (κ1) is 15.2. The standard InChI is InChI=1S/C13H20N2O4/c1-7(2)5-11(13(17)18)14-12(16)6-10-8(3)15-19-9(10)4/h7,11H,5-6H2,1-4H3,(H,14,16)(H,17,18)/t11-/m1/s1. The number of carboxylic acid groups (broad SMARTS) is 1. The molecule has 0 aromatic carbocycles. The predicted octanol–water partition coefficient (Wildman–Crippen LogP) is 1.45. The highest BCUT2D eigenvalue weighted by Crippen LogP contribution is 2.13. The van der Waals surface area contributed by atoms with Crippen molar-refractivity contribution in [1.29, 1.82) is 0 Å². The Morgan fingerprint density at radius 2 is 2.00 bits per heavy atom. The zero-order chi connectivity index (χ0) is 14.6. The topological polar surface area (TPSA) is 92.4 Å². The first-order chi connectivity index (χ1) is 8.81. The van der Waals surface area contributed by atoms with E-state index in [1.807, 2.05) is 13.8 Å². The van der Waals surface area contributed by atoms with Crippen molar-refractivity contribution in [2.75, 3.05) is 0 Å². The predicted molar refractivity (Wildman–Crippen MR) is 68.7 cm³/mol. The fourth-order valence-electron chi connectivity index (χ4n) is 1.85. The van der Waals surface area contributed by atoms with E-state index < -0.39 is 12.0 Å². The number of hydrogen-bond donors (Lipinski definition) is 2. The Hall–Kier alpha value is -1.85. The number of nitrogens with one attached hydrogen (secondary N) is 1. The molecule has 6 nitrogen and oxygen atoms in total. The van der Waals surface area contributed by atoms with E-state index >= 15 is 0 Å². The SMILES string of the molecule is Cc1noc(C)c1CC(=O)N[C@H](CC(C)C)C(=O)O. The van der Waals surface area contributed by atoms with Crippen LogP contribution in [0.1, 0.15) is 37.3 Å². The lowest BCUT2D eigenvalue weighted by Gasteiger charge is -2.16. The van der Waals surface area contributed by atoms with Crippen molar-refractivity contribution >= 4 is 11.9 Å². The Morgan fingerprint density at radius 3 is 2.42 bits per heavy atom. The van der Waals surface area contributed by atoms with Crippen LogP contribution in [0.15, 0.2) is 4.52 Å². The van der Waals surface area contributed by atoms with Gasteiger partial charge >= 0.3 is 5.97 Å². The van der Waals surface area contributed by atoms with Gasteiger partial charge in [0.2, 0.25) is 5.91 Å². The van der Waals surface area contributed by atoms with Crippen LogP contribution < -0.4 is 5.32 Å². The molecule has 1 rings (SSSR count). The molecular formula is C13H20N2O4. The molecule has 106 valence electrons. The normalized spacial score (nSPS) is 12.5. The molecule has 0 saturated heterocycles. The summed E-state index contributed by atoms with van der Waals surface area (Å²) in [6.45, 7) is 7.31. The maximum atomic E-state index is 11.9. The summed E-state index contributed by atoms with van der Waals surface area (Å²) in [6.07, 6.45) is 0.492. The molecule has 0 fully saturated rings. The molecule has 1 aromatic heterocycles. The summed E-state index contributed by atoms with van der Waals surface area (Å²) >= 11 is 0. The van der Waals surface area contributed by atoms with Crippen molar-refractivity contribution in [3.05, 3.63) is 17.0 Å². The first-order valence-electron chi connectivity index (χ1n) is 6.25. The summed E-state index contributed by atoms with van der Waals surface area (Å²) in [5.41, 5.74) is 1.37. The Kier molecular flexibility index (Phi) is 5.09. The summed E-state index contributed by atoms with van der Waals surface area (Å²) < 4.78 is 4.97. The quantitative estimate of drug-likeness (QED) is 0.814. The minimum atomic E-state index is -1.01. The molecule has 0 bridgehead atoms. The number of carbonyl (C=O) groups excluding carboxylic acids is 1. The van der Waals surface area contributed by atoms with Gasteiger partial charge in [0, 0.05) is 5.56 Å². The number of amides is 1. The maximum Gasteiger partial charge on any atom is 0.326 e. The summed E-state index contributed by atoms with van der Waals surface area (Å²) in [5, 5.41) is 15.4. The molecule has 0 aliphatic heterocycles. The Labute approximate surface area is 112 Å². The largest absolute Gasteiger partial charge is 0.480 e. The highest BCUT2D eigenvalue weighted by atomic mass is 16.5. The number of aromatic nitrogens is 1. The molecule has 1 aromatic rings. The van der Waals surface area contributed by atoms with E-state index in [1.165, 1.54) is 0 Å². The second-order valence-corrected chi connectivity index (χ2v) is 5.07. The van der Waals surface area contributed by atoms with Crippen molar-refractivity contribution in [3.63, 3.8) is 0 Å². The van der Waals surface area contributed by atoms with Crippen molar-refractivity contribution < 1.29 is 19.2 Å². The van der Waals surface area contributed by atoms with Crippen LogP contribution in [-0.2, 0) is 16.0 Å². The van der Waals surface area contributed by atoms with Crippen LogP contribution in [0, 0.1) is 19.8 Å².